The molecule has 0 atom stereocenters. The second-order valence-electron chi connectivity index (χ2n) is 8.01. The van der Waals surface area contributed by atoms with E-state index in [0.717, 1.165) is 21.7 Å². The number of benzene rings is 3. The van der Waals surface area contributed by atoms with Gasteiger partial charge in [-0.2, -0.15) is 0 Å². The van der Waals surface area contributed by atoms with E-state index in [1.165, 1.54) is 18.2 Å². The molecule has 5 nitrogen and oxygen atoms in total. The first kappa shape index (κ1) is 21.3. The molecule has 1 aliphatic heterocycles. The van der Waals surface area contributed by atoms with Crippen molar-refractivity contribution in [2.24, 2.45) is 0 Å². The molecule has 0 bridgehead atoms. The van der Waals surface area contributed by atoms with E-state index in [-0.39, 0.29) is 17.0 Å². The lowest BCUT2D eigenvalue weighted by Crippen LogP contribution is -2.33. The fourth-order valence-electron chi connectivity index (χ4n) is 3.65. The first-order valence-electron chi connectivity index (χ1n) is 10.3. The molecular formula is C26H24FN3O2. The van der Waals surface area contributed by atoms with E-state index in [1.807, 2.05) is 75.3 Å². The third-order valence-electron chi connectivity index (χ3n) is 5.63. The van der Waals surface area contributed by atoms with Gasteiger partial charge in [-0.05, 0) is 66.9 Å². The zero-order chi connectivity index (χ0) is 23.0. The van der Waals surface area contributed by atoms with Crippen molar-refractivity contribution >= 4 is 34.4 Å². The third-order valence-corrected chi connectivity index (χ3v) is 5.63. The van der Waals surface area contributed by atoms with Crippen LogP contribution >= 0.6 is 0 Å². The predicted octanol–water partition coefficient (Wildman–Crippen LogP) is 4.91. The van der Waals surface area contributed by atoms with E-state index < -0.39 is 17.6 Å². The number of amides is 2. The van der Waals surface area contributed by atoms with Gasteiger partial charge in [0.05, 0.1) is 11.3 Å². The summed E-state index contributed by atoms with van der Waals surface area (Å²) in [5.74, 6) is -1.79. The highest BCUT2D eigenvalue weighted by molar-refractivity contribution is 6.46. The number of carbonyl (C=O) groups excluding carboxylic acids is 2. The summed E-state index contributed by atoms with van der Waals surface area (Å²) in [5, 5.41) is 3.12. The second kappa shape index (κ2) is 8.30. The van der Waals surface area contributed by atoms with Gasteiger partial charge in [-0.15, -0.1) is 0 Å². The highest BCUT2D eigenvalue weighted by Crippen LogP contribution is 2.35. The van der Waals surface area contributed by atoms with Crippen LogP contribution in [0.15, 0.2) is 72.4 Å². The molecule has 1 aliphatic rings. The zero-order valence-electron chi connectivity index (χ0n) is 18.4. The first-order chi connectivity index (χ1) is 15.3. The molecule has 1 N–H and O–H groups in total. The average Bonchev–Trinajstić information content (AvgIpc) is 3.00. The van der Waals surface area contributed by atoms with Gasteiger partial charge in [-0.3, -0.25) is 9.59 Å². The van der Waals surface area contributed by atoms with Crippen LogP contribution in [0.5, 0.6) is 0 Å². The van der Waals surface area contributed by atoms with Gasteiger partial charge in [0.1, 0.15) is 11.5 Å². The molecule has 3 aromatic rings. The maximum Gasteiger partial charge on any atom is 0.282 e. The van der Waals surface area contributed by atoms with Crippen molar-refractivity contribution in [1.82, 2.24) is 0 Å². The van der Waals surface area contributed by atoms with E-state index in [2.05, 4.69) is 5.32 Å². The van der Waals surface area contributed by atoms with Crippen molar-refractivity contribution in [2.45, 2.75) is 13.8 Å². The number of imide groups is 1. The summed E-state index contributed by atoms with van der Waals surface area (Å²) in [6, 6.07) is 18.9. The number of carbonyl (C=O) groups is 2. The lowest BCUT2D eigenvalue weighted by molar-refractivity contribution is -0.120. The van der Waals surface area contributed by atoms with Crippen LogP contribution in [0.2, 0.25) is 0 Å². The van der Waals surface area contributed by atoms with E-state index in [1.54, 1.807) is 6.07 Å². The molecule has 0 saturated carbocycles. The third kappa shape index (κ3) is 3.75. The topological polar surface area (TPSA) is 52.7 Å². The van der Waals surface area contributed by atoms with Gasteiger partial charge in [0.2, 0.25) is 0 Å². The minimum absolute atomic E-state index is 0.0661. The number of rotatable bonds is 5. The molecule has 2 amide bonds. The molecular weight excluding hydrogens is 405 g/mol. The summed E-state index contributed by atoms with van der Waals surface area (Å²) in [6.45, 7) is 3.93. The summed E-state index contributed by atoms with van der Waals surface area (Å²) in [7, 11) is 3.88. The van der Waals surface area contributed by atoms with Crippen LogP contribution in [0.4, 0.5) is 21.5 Å². The van der Waals surface area contributed by atoms with Gasteiger partial charge in [0, 0.05) is 25.5 Å². The number of aryl methyl sites for hydroxylation is 2. The van der Waals surface area contributed by atoms with Crippen LogP contribution in [-0.4, -0.2) is 25.9 Å². The average molecular weight is 429 g/mol. The molecule has 6 heteroatoms. The summed E-state index contributed by atoms with van der Waals surface area (Å²) in [5.41, 5.74) is 4.61. The van der Waals surface area contributed by atoms with Gasteiger partial charge in [0.15, 0.2) is 0 Å². The molecule has 4 rings (SSSR count). The molecule has 0 unspecified atom stereocenters. The van der Waals surface area contributed by atoms with Crippen molar-refractivity contribution in [2.75, 3.05) is 29.2 Å². The van der Waals surface area contributed by atoms with Crippen molar-refractivity contribution < 1.29 is 14.0 Å². The first-order valence-corrected chi connectivity index (χ1v) is 10.3. The minimum Gasteiger partial charge on any atom is -0.378 e. The Labute approximate surface area is 186 Å². The van der Waals surface area contributed by atoms with Crippen LogP contribution in [0.3, 0.4) is 0 Å². The smallest absolute Gasteiger partial charge is 0.282 e. The molecule has 0 radical (unpaired) electrons. The number of nitrogens with zero attached hydrogens (tertiary/aromatic N) is 2. The normalized spacial score (nSPS) is 13.7. The van der Waals surface area contributed by atoms with Crippen LogP contribution in [0, 0.1) is 19.7 Å². The molecule has 0 aliphatic carbocycles. The molecule has 0 fully saturated rings. The highest BCUT2D eigenvalue weighted by atomic mass is 19.1. The fraction of sp³-hybridized carbons (Fsp3) is 0.154. The Hall–Kier alpha value is -3.93. The number of hydrogen-bond donors (Lipinski definition) is 1. The van der Waals surface area contributed by atoms with Crippen molar-refractivity contribution in [3.05, 3.63) is 94.9 Å². The number of halogens is 1. The zero-order valence-corrected chi connectivity index (χ0v) is 18.4. The number of nitrogens with one attached hydrogen (secondary N) is 1. The predicted molar refractivity (Wildman–Crippen MR) is 126 cm³/mol. The maximum atomic E-state index is 14.5. The van der Waals surface area contributed by atoms with Crippen molar-refractivity contribution in [1.29, 1.82) is 0 Å². The van der Waals surface area contributed by atoms with Gasteiger partial charge in [0.25, 0.3) is 11.8 Å². The van der Waals surface area contributed by atoms with Crippen molar-refractivity contribution in [3.8, 4) is 0 Å². The summed E-state index contributed by atoms with van der Waals surface area (Å²) >= 11 is 0. The Kier molecular flexibility index (Phi) is 5.53. The summed E-state index contributed by atoms with van der Waals surface area (Å²) in [4.78, 5) is 29.7. The molecule has 162 valence electrons. The Balaban J connectivity index is 1.82. The van der Waals surface area contributed by atoms with E-state index in [9.17, 15) is 14.0 Å². The SMILES string of the molecule is Cc1ccc(C2=C(Nc3ccc(N(C)C)cc3)C(=O)N(c3ccccc3F)C2=O)cc1C. The Bertz CT molecular complexity index is 1250. The molecule has 3 aromatic carbocycles. The van der Waals surface area contributed by atoms with Crippen molar-refractivity contribution in [3.63, 3.8) is 0 Å². The van der Waals surface area contributed by atoms with Crippen LogP contribution in [0.1, 0.15) is 16.7 Å². The Morgan fingerprint density at radius 3 is 2.16 bits per heavy atom. The van der Waals surface area contributed by atoms with Gasteiger partial charge in [-0.25, -0.2) is 9.29 Å². The van der Waals surface area contributed by atoms with Gasteiger partial charge >= 0.3 is 0 Å². The number of para-hydroxylation sites is 1. The van der Waals surface area contributed by atoms with Gasteiger partial charge in [-0.1, -0.05) is 30.3 Å². The summed E-state index contributed by atoms with van der Waals surface area (Å²) < 4.78 is 14.5. The minimum atomic E-state index is -0.634. The van der Waals surface area contributed by atoms with Gasteiger partial charge < -0.3 is 10.2 Å². The van der Waals surface area contributed by atoms with E-state index in [0.29, 0.717) is 11.3 Å². The molecule has 0 spiro atoms. The second-order valence-corrected chi connectivity index (χ2v) is 8.01. The molecule has 32 heavy (non-hydrogen) atoms. The number of hydrogen-bond acceptors (Lipinski definition) is 4. The Morgan fingerprint density at radius 1 is 0.844 bits per heavy atom. The molecule has 0 aromatic heterocycles. The standard InChI is InChI=1S/C26H24FN3O2/c1-16-9-10-18(15-17(16)2)23-24(28-19-11-13-20(14-12-19)29(3)4)26(32)30(25(23)31)22-8-6-5-7-21(22)27/h5-15,28H,1-4H3. The monoisotopic (exact) mass is 429 g/mol. The van der Waals surface area contributed by atoms with Crippen LogP contribution < -0.4 is 15.1 Å². The van der Waals surface area contributed by atoms with E-state index in [4.69, 9.17) is 0 Å². The van der Waals surface area contributed by atoms with E-state index >= 15 is 0 Å². The molecule has 1 heterocycles. The fourth-order valence-corrected chi connectivity index (χ4v) is 3.65. The van der Waals surface area contributed by atoms with Crippen LogP contribution in [-0.2, 0) is 9.59 Å². The highest BCUT2D eigenvalue weighted by Gasteiger charge is 2.41. The molecule has 0 saturated heterocycles. The number of anilines is 3. The summed E-state index contributed by atoms with van der Waals surface area (Å²) in [6.07, 6.45) is 0. The lowest BCUT2D eigenvalue weighted by atomic mass is 9.99. The maximum absolute atomic E-state index is 14.5. The lowest BCUT2D eigenvalue weighted by Gasteiger charge is -2.16. The quantitative estimate of drug-likeness (QED) is 0.586. The van der Waals surface area contributed by atoms with Crippen LogP contribution in [0.25, 0.3) is 5.57 Å². The Morgan fingerprint density at radius 2 is 1.53 bits per heavy atom. The largest absolute Gasteiger partial charge is 0.378 e.